The number of nitrogens with zero attached hydrogens (tertiary/aromatic N) is 2. The van der Waals surface area contributed by atoms with Gasteiger partial charge in [0.1, 0.15) is 11.9 Å². The fourth-order valence-electron chi connectivity index (χ4n) is 1.28. The first kappa shape index (κ1) is 12.7. The van der Waals surface area contributed by atoms with E-state index in [0.717, 1.165) is 4.47 Å². The molecule has 3 N–H and O–H groups in total. The van der Waals surface area contributed by atoms with Crippen molar-refractivity contribution in [1.29, 1.82) is 5.26 Å². The predicted molar refractivity (Wildman–Crippen MR) is 72.3 cm³/mol. The minimum atomic E-state index is -0.319. The maximum atomic E-state index is 11.2. The topological polar surface area (TPSA) is 95.6 Å². The number of nitrogen functional groups attached to an aromatic ring is 1. The van der Waals surface area contributed by atoms with E-state index in [1.807, 2.05) is 6.07 Å². The number of H-pyrrole nitrogens is 1. The molecule has 0 saturated heterocycles. The lowest BCUT2D eigenvalue weighted by atomic mass is 10.2. The van der Waals surface area contributed by atoms with Gasteiger partial charge in [-0.15, -0.1) is 0 Å². The molecule has 7 heteroatoms. The molecular formula is C11H7BrN4OS. The summed E-state index contributed by atoms with van der Waals surface area (Å²) in [4.78, 5) is 18.5. The number of aromatic nitrogens is 2. The zero-order valence-corrected chi connectivity index (χ0v) is 11.4. The third-order valence-electron chi connectivity index (χ3n) is 2.01. The average Bonchev–Trinajstić information content (AvgIpc) is 2.30. The van der Waals surface area contributed by atoms with E-state index >= 15 is 0 Å². The van der Waals surface area contributed by atoms with Crippen LogP contribution in [-0.2, 0) is 0 Å². The van der Waals surface area contributed by atoms with Crippen molar-refractivity contribution in [2.45, 2.75) is 10.1 Å². The van der Waals surface area contributed by atoms with Gasteiger partial charge in [0.25, 0.3) is 5.56 Å². The second-order valence-corrected chi connectivity index (χ2v) is 5.28. The second-order valence-electron chi connectivity index (χ2n) is 3.33. The molecule has 0 amide bonds. The summed E-state index contributed by atoms with van der Waals surface area (Å²) >= 11 is 4.48. The van der Waals surface area contributed by atoms with Gasteiger partial charge >= 0.3 is 0 Å². The van der Waals surface area contributed by atoms with Gasteiger partial charge in [-0.2, -0.15) is 5.26 Å². The molecule has 0 fully saturated rings. The van der Waals surface area contributed by atoms with Crippen LogP contribution in [0.25, 0.3) is 0 Å². The molecule has 5 nitrogen and oxygen atoms in total. The van der Waals surface area contributed by atoms with Crippen LogP contribution in [0.15, 0.2) is 43.6 Å². The number of hydrogen-bond donors (Lipinski definition) is 2. The fourth-order valence-corrected chi connectivity index (χ4v) is 2.51. The van der Waals surface area contributed by atoms with Gasteiger partial charge in [0.05, 0.1) is 5.56 Å². The Kier molecular flexibility index (Phi) is 3.69. The highest BCUT2D eigenvalue weighted by Crippen LogP contribution is 2.29. The highest BCUT2D eigenvalue weighted by molar-refractivity contribution is 9.10. The summed E-state index contributed by atoms with van der Waals surface area (Å²) in [5.74, 6) is 0.150. The highest BCUT2D eigenvalue weighted by Gasteiger charge is 2.07. The van der Waals surface area contributed by atoms with Crippen molar-refractivity contribution >= 4 is 33.5 Å². The molecule has 1 aromatic heterocycles. The smallest absolute Gasteiger partial charge is 0.253 e. The molecule has 2 rings (SSSR count). The molecule has 0 aliphatic rings. The number of nitriles is 1. The van der Waals surface area contributed by atoms with Gasteiger partial charge in [-0.05, 0) is 18.2 Å². The molecular weight excluding hydrogens is 316 g/mol. The van der Waals surface area contributed by atoms with Gasteiger partial charge in [0.2, 0.25) is 0 Å². The van der Waals surface area contributed by atoms with E-state index < -0.39 is 0 Å². The summed E-state index contributed by atoms with van der Waals surface area (Å²) in [6.07, 6.45) is 0. The van der Waals surface area contributed by atoms with Gasteiger partial charge in [0, 0.05) is 15.4 Å². The zero-order chi connectivity index (χ0) is 13.1. The predicted octanol–water partition coefficient (Wildman–Crippen LogP) is 2.14. The van der Waals surface area contributed by atoms with Crippen molar-refractivity contribution in [3.05, 3.63) is 44.7 Å². The van der Waals surface area contributed by atoms with Crippen molar-refractivity contribution in [1.82, 2.24) is 9.97 Å². The lowest BCUT2D eigenvalue weighted by Crippen LogP contribution is -2.09. The Morgan fingerprint density at radius 2 is 2.22 bits per heavy atom. The Morgan fingerprint density at radius 3 is 2.89 bits per heavy atom. The number of rotatable bonds is 2. The van der Waals surface area contributed by atoms with E-state index in [1.165, 1.54) is 17.8 Å². The van der Waals surface area contributed by atoms with Crippen LogP contribution in [0.4, 0.5) is 5.82 Å². The SMILES string of the molecule is N#Cc1cc(Br)ccc1Sc1nc(N)cc(=O)[nH]1. The fraction of sp³-hybridized carbons (Fsp3) is 0. The minimum absolute atomic E-state index is 0.150. The van der Waals surface area contributed by atoms with E-state index in [0.29, 0.717) is 15.6 Å². The van der Waals surface area contributed by atoms with Crippen LogP contribution in [0, 0.1) is 11.3 Å². The van der Waals surface area contributed by atoms with Crippen molar-refractivity contribution in [3.63, 3.8) is 0 Å². The Labute approximate surface area is 115 Å². The Hall–Kier alpha value is -1.78. The third-order valence-corrected chi connectivity index (χ3v) is 3.46. The summed E-state index contributed by atoms with van der Waals surface area (Å²) in [6, 6.07) is 8.58. The zero-order valence-electron chi connectivity index (χ0n) is 8.98. The van der Waals surface area contributed by atoms with Crippen LogP contribution in [0.3, 0.4) is 0 Å². The van der Waals surface area contributed by atoms with Crippen LogP contribution in [-0.4, -0.2) is 9.97 Å². The lowest BCUT2D eigenvalue weighted by Gasteiger charge is -2.03. The van der Waals surface area contributed by atoms with Crippen molar-refractivity contribution in [3.8, 4) is 6.07 Å². The van der Waals surface area contributed by atoms with Crippen LogP contribution >= 0.6 is 27.7 Å². The second kappa shape index (κ2) is 5.25. The molecule has 90 valence electrons. The molecule has 2 aromatic rings. The summed E-state index contributed by atoms with van der Waals surface area (Å²) in [7, 11) is 0. The molecule has 0 unspecified atom stereocenters. The van der Waals surface area contributed by atoms with Crippen molar-refractivity contribution in [2.75, 3.05) is 5.73 Å². The van der Waals surface area contributed by atoms with E-state index in [2.05, 4.69) is 32.0 Å². The molecule has 1 aromatic carbocycles. The van der Waals surface area contributed by atoms with Crippen molar-refractivity contribution < 1.29 is 0 Å². The van der Waals surface area contributed by atoms with Crippen LogP contribution < -0.4 is 11.3 Å². The summed E-state index contributed by atoms with van der Waals surface area (Å²) < 4.78 is 0.817. The van der Waals surface area contributed by atoms with Gasteiger partial charge in [-0.1, -0.05) is 27.7 Å². The molecule has 0 saturated carbocycles. The molecule has 0 atom stereocenters. The van der Waals surface area contributed by atoms with Gasteiger partial charge in [-0.25, -0.2) is 4.98 Å². The first-order valence-corrected chi connectivity index (χ1v) is 6.44. The molecule has 0 aliphatic heterocycles. The number of halogens is 1. The highest BCUT2D eigenvalue weighted by atomic mass is 79.9. The molecule has 1 heterocycles. The Balaban J connectivity index is 2.40. The van der Waals surface area contributed by atoms with Gasteiger partial charge in [-0.3, -0.25) is 4.79 Å². The van der Waals surface area contributed by atoms with Gasteiger partial charge in [0.15, 0.2) is 5.16 Å². The largest absolute Gasteiger partial charge is 0.383 e. The molecule has 0 aliphatic carbocycles. The maximum Gasteiger partial charge on any atom is 0.253 e. The number of nitrogens with two attached hydrogens (primary N) is 1. The summed E-state index contributed by atoms with van der Waals surface area (Å²) in [5, 5.41) is 9.39. The van der Waals surface area contributed by atoms with Crippen LogP contribution in [0.1, 0.15) is 5.56 Å². The third kappa shape index (κ3) is 2.91. The van der Waals surface area contributed by atoms with Crippen molar-refractivity contribution in [2.24, 2.45) is 0 Å². The molecule has 0 bridgehead atoms. The summed E-state index contributed by atoms with van der Waals surface area (Å²) in [6.45, 7) is 0. The quantitative estimate of drug-likeness (QED) is 0.826. The van der Waals surface area contributed by atoms with E-state index in [1.54, 1.807) is 12.1 Å². The first-order chi connectivity index (χ1) is 8.58. The Bertz CT molecular complexity index is 692. The standard InChI is InChI=1S/C11H7BrN4OS/c12-7-1-2-8(6(3-7)5-13)18-11-15-9(14)4-10(17)16-11/h1-4H,(H3,14,15,16,17). The maximum absolute atomic E-state index is 11.2. The number of hydrogen-bond acceptors (Lipinski definition) is 5. The lowest BCUT2D eigenvalue weighted by molar-refractivity contribution is 0.945. The summed E-state index contributed by atoms with van der Waals surface area (Å²) in [5.41, 5.74) is 5.67. The minimum Gasteiger partial charge on any atom is -0.383 e. The van der Waals surface area contributed by atoms with E-state index in [4.69, 9.17) is 11.0 Å². The van der Waals surface area contributed by atoms with Crippen LogP contribution in [0.2, 0.25) is 0 Å². The molecule has 0 spiro atoms. The van der Waals surface area contributed by atoms with Crippen LogP contribution in [0.5, 0.6) is 0 Å². The number of aromatic amines is 1. The number of benzene rings is 1. The average molecular weight is 323 g/mol. The monoisotopic (exact) mass is 322 g/mol. The number of anilines is 1. The number of nitrogens with one attached hydrogen (secondary N) is 1. The van der Waals surface area contributed by atoms with E-state index in [9.17, 15) is 4.79 Å². The normalized spacial score (nSPS) is 10.0. The van der Waals surface area contributed by atoms with Gasteiger partial charge < -0.3 is 10.7 Å². The molecule has 18 heavy (non-hydrogen) atoms. The molecule has 0 radical (unpaired) electrons. The van der Waals surface area contributed by atoms with E-state index in [-0.39, 0.29) is 11.4 Å². The Morgan fingerprint density at radius 1 is 1.44 bits per heavy atom. The first-order valence-electron chi connectivity index (χ1n) is 4.83.